The molecule has 0 aromatic heterocycles. The number of nitrogens with zero attached hydrogens (tertiary/aromatic N) is 2. The van der Waals surface area contributed by atoms with Crippen LogP contribution in [-0.2, 0) is 0 Å². The van der Waals surface area contributed by atoms with Gasteiger partial charge in [0.05, 0.1) is 11.4 Å². The van der Waals surface area contributed by atoms with Crippen molar-refractivity contribution in [2.24, 2.45) is 16.1 Å². The first-order valence-electron chi connectivity index (χ1n) is 7.99. The van der Waals surface area contributed by atoms with Crippen LogP contribution in [-0.4, -0.2) is 47.8 Å². The van der Waals surface area contributed by atoms with Gasteiger partial charge in [-0.25, -0.2) is 0 Å². The minimum Gasteiger partial charge on any atom is -0.362 e. The van der Waals surface area contributed by atoms with Gasteiger partial charge in [0.15, 0.2) is 10.2 Å². The van der Waals surface area contributed by atoms with Gasteiger partial charge in [0.2, 0.25) is 0 Å². The van der Waals surface area contributed by atoms with E-state index in [4.69, 9.17) is 24.4 Å². The summed E-state index contributed by atoms with van der Waals surface area (Å²) in [6.45, 7) is 9.39. The van der Waals surface area contributed by atoms with Crippen LogP contribution in [0, 0.1) is 5.92 Å². The predicted molar refractivity (Wildman–Crippen MR) is 105 cm³/mol. The van der Waals surface area contributed by atoms with Gasteiger partial charge in [0.1, 0.15) is 0 Å². The highest BCUT2D eigenvalue weighted by Gasteiger charge is 2.21. The largest absolute Gasteiger partial charge is 0.362 e. The highest BCUT2D eigenvalue weighted by Crippen LogP contribution is 2.14. The molecule has 23 heavy (non-hydrogen) atoms. The number of hydrogen-bond donors (Lipinski definition) is 5. The van der Waals surface area contributed by atoms with E-state index in [1.165, 1.54) is 0 Å². The third kappa shape index (κ3) is 7.67. The second-order valence-corrected chi connectivity index (χ2v) is 5.98. The minimum absolute atomic E-state index is 0.353. The quantitative estimate of drug-likeness (QED) is 0.272. The van der Waals surface area contributed by atoms with Gasteiger partial charge >= 0.3 is 0 Å². The molecule has 0 spiro atoms. The molecule has 0 saturated carbocycles. The van der Waals surface area contributed by atoms with Gasteiger partial charge in [-0.3, -0.25) is 10.9 Å². The summed E-state index contributed by atoms with van der Waals surface area (Å²) >= 11 is 10.3. The highest BCUT2D eigenvalue weighted by atomic mass is 32.1. The molecule has 1 saturated heterocycles. The lowest BCUT2D eigenvalue weighted by molar-refractivity contribution is 0.457. The van der Waals surface area contributed by atoms with E-state index in [9.17, 15) is 0 Å². The van der Waals surface area contributed by atoms with E-state index in [1.54, 1.807) is 0 Å². The number of hydrazone groups is 2. The molecule has 0 bridgehead atoms. The molecule has 1 aliphatic heterocycles. The van der Waals surface area contributed by atoms with Crippen molar-refractivity contribution in [1.29, 1.82) is 0 Å². The molecule has 0 aromatic rings. The van der Waals surface area contributed by atoms with Crippen LogP contribution in [0.1, 0.15) is 33.6 Å². The molecule has 1 heterocycles. The summed E-state index contributed by atoms with van der Waals surface area (Å²) in [7, 11) is 0. The van der Waals surface area contributed by atoms with E-state index in [1.807, 2.05) is 20.8 Å². The second kappa shape index (κ2) is 11.3. The van der Waals surface area contributed by atoms with E-state index in [0.717, 1.165) is 50.4 Å². The van der Waals surface area contributed by atoms with Crippen LogP contribution in [0.2, 0.25) is 0 Å². The van der Waals surface area contributed by atoms with Crippen molar-refractivity contribution < 1.29 is 0 Å². The summed E-state index contributed by atoms with van der Waals surface area (Å²) in [5, 5.41) is 19.3. The first-order valence-corrected chi connectivity index (χ1v) is 8.80. The van der Waals surface area contributed by atoms with Crippen LogP contribution >= 0.6 is 24.4 Å². The molecule has 0 amide bonds. The smallest absolute Gasteiger partial charge is 0.186 e. The monoisotopic (exact) mass is 357 g/mol. The molecule has 1 rings (SSSR count). The number of thiocarbonyl (C=S) groups is 2. The summed E-state index contributed by atoms with van der Waals surface area (Å²) in [6.07, 6.45) is 2.05. The molecule has 0 unspecified atom stereocenters. The molecule has 9 heteroatoms. The highest BCUT2D eigenvalue weighted by molar-refractivity contribution is 7.80. The van der Waals surface area contributed by atoms with Crippen LogP contribution in [0.4, 0.5) is 0 Å². The van der Waals surface area contributed by atoms with Gasteiger partial charge in [-0.2, -0.15) is 10.2 Å². The first-order chi connectivity index (χ1) is 11.1. The van der Waals surface area contributed by atoms with Crippen molar-refractivity contribution in [1.82, 2.24) is 26.8 Å². The SMILES string of the molecule is CCNC(=S)N/N=C(\C(C)=N\NC(=S)NCC)C1CCNCC1. The zero-order valence-corrected chi connectivity index (χ0v) is 15.7. The third-order valence-electron chi connectivity index (χ3n) is 3.37. The molecule has 1 fully saturated rings. The van der Waals surface area contributed by atoms with E-state index >= 15 is 0 Å². The van der Waals surface area contributed by atoms with E-state index in [2.05, 4.69) is 37.0 Å². The van der Waals surface area contributed by atoms with E-state index in [-0.39, 0.29) is 0 Å². The normalized spacial score (nSPS) is 16.7. The zero-order chi connectivity index (χ0) is 17.1. The molecular formula is C14H27N7S2. The summed E-state index contributed by atoms with van der Waals surface area (Å²) in [4.78, 5) is 0. The molecule has 7 nitrogen and oxygen atoms in total. The molecule has 0 radical (unpaired) electrons. The second-order valence-electron chi connectivity index (χ2n) is 5.16. The molecule has 0 aliphatic carbocycles. The van der Waals surface area contributed by atoms with Gasteiger partial charge in [0, 0.05) is 19.0 Å². The summed E-state index contributed by atoms with van der Waals surface area (Å²) < 4.78 is 0. The van der Waals surface area contributed by atoms with Crippen LogP contribution in [0.3, 0.4) is 0 Å². The summed E-state index contributed by atoms with van der Waals surface area (Å²) in [5.74, 6) is 0.353. The Morgan fingerprint density at radius 3 is 2.04 bits per heavy atom. The number of rotatable bonds is 6. The molecule has 5 N–H and O–H groups in total. The van der Waals surface area contributed by atoms with Crippen molar-refractivity contribution >= 4 is 46.1 Å². The third-order valence-corrected chi connectivity index (χ3v) is 3.85. The average Bonchev–Trinajstić information content (AvgIpc) is 2.54. The van der Waals surface area contributed by atoms with Gasteiger partial charge in [0.25, 0.3) is 0 Å². The van der Waals surface area contributed by atoms with Crippen molar-refractivity contribution in [3.8, 4) is 0 Å². The Morgan fingerprint density at radius 2 is 1.52 bits per heavy atom. The molecule has 0 atom stereocenters. The Labute approximate surface area is 149 Å². The maximum Gasteiger partial charge on any atom is 0.186 e. The van der Waals surface area contributed by atoms with E-state index < -0.39 is 0 Å². The standard InChI is InChI=1S/C14H27N7S2/c1-4-16-13(22)20-18-10(3)12(11-6-8-15-9-7-11)19-21-14(23)17-5-2/h11,15H,4-9H2,1-3H3,(H2,16,20,22)(H2,17,21,23)/b18-10+,19-12+. The van der Waals surface area contributed by atoms with Gasteiger partial charge in [-0.05, 0) is 71.1 Å². The molecule has 130 valence electrons. The first kappa shape index (κ1) is 19.7. The van der Waals surface area contributed by atoms with Crippen molar-refractivity contribution in [3.63, 3.8) is 0 Å². The maximum atomic E-state index is 5.17. The molecule has 0 aromatic carbocycles. The van der Waals surface area contributed by atoms with Gasteiger partial charge < -0.3 is 16.0 Å². The number of piperidine rings is 1. The van der Waals surface area contributed by atoms with Crippen LogP contribution in [0.25, 0.3) is 0 Å². The average molecular weight is 358 g/mol. The van der Waals surface area contributed by atoms with E-state index in [0.29, 0.717) is 16.1 Å². The van der Waals surface area contributed by atoms with Gasteiger partial charge in [-0.15, -0.1) is 0 Å². The topological polar surface area (TPSA) is 84.9 Å². The molecular weight excluding hydrogens is 330 g/mol. The number of nitrogens with one attached hydrogen (secondary N) is 5. The van der Waals surface area contributed by atoms with Crippen molar-refractivity contribution in [2.75, 3.05) is 26.2 Å². The Hall–Kier alpha value is -1.32. The van der Waals surface area contributed by atoms with Crippen molar-refractivity contribution in [3.05, 3.63) is 0 Å². The lowest BCUT2D eigenvalue weighted by atomic mass is 9.91. The Balaban J connectivity index is 2.80. The Morgan fingerprint density at radius 1 is 1.00 bits per heavy atom. The van der Waals surface area contributed by atoms with Crippen molar-refractivity contribution in [2.45, 2.75) is 33.6 Å². The fraction of sp³-hybridized carbons (Fsp3) is 0.714. The Bertz CT molecular complexity index is 456. The summed E-state index contributed by atoms with van der Waals surface area (Å²) in [6, 6.07) is 0. The van der Waals surface area contributed by atoms with Gasteiger partial charge in [-0.1, -0.05) is 0 Å². The summed E-state index contributed by atoms with van der Waals surface area (Å²) in [5.41, 5.74) is 7.48. The number of hydrogen-bond acceptors (Lipinski definition) is 5. The fourth-order valence-corrected chi connectivity index (χ4v) is 2.65. The lowest BCUT2D eigenvalue weighted by Crippen LogP contribution is -2.39. The minimum atomic E-state index is 0.353. The molecule has 1 aliphatic rings. The maximum absolute atomic E-state index is 5.17. The van der Waals surface area contributed by atoms with Crippen LogP contribution in [0.5, 0.6) is 0 Å². The predicted octanol–water partition coefficient (Wildman–Crippen LogP) is 0.686. The van der Waals surface area contributed by atoms with Crippen LogP contribution < -0.4 is 26.8 Å². The zero-order valence-electron chi connectivity index (χ0n) is 14.0. The van der Waals surface area contributed by atoms with Crippen LogP contribution in [0.15, 0.2) is 10.2 Å². The Kier molecular flexibility index (Phi) is 9.65. The lowest BCUT2D eigenvalue weighted by Gasteiger charge is -2.24. The fourth-order valence-electron chi connectivity index (χ4n) is 2.27.